The van der Waals surface area contributed by atoms with Gasteiger partial charge in [0.05, 0.1) is 0 Å². The molecule has 1 aliphatic rings. The summed E-state index contributed by atoms with van der Waals surface area (Å²) < 4.78 is 0. The van der Waals surface area contributed by atoms with Crippen molar-refractivity contribution in [1.29, 1.82) is 0 Å². The Morgan fingerprint density at radius 2 is 1.88 bits per heavy atom. The number of phenolic OH excluding ortho intramolecular Hbond substituents is 1. The Morgan fingerprint density at radius 1 is 1.24 bits per heavy atom. The smallest absolute Gasteiger partial charge is 0.115 e. The Kier molecular flexibility index (Phi) is 4.40. The standard InChI is InChI=1S/C14H22N2O/c1-15-10-12-6-8-16(9-7-12)11-13-2-4-14(17)5-3-13/h2-5,12,15,17H,6-11H2,1H3. The molecular formula is C14H22N2O. The average molecular weight is 234 g/mol. The van der Waals surface area contributed by atoms with Crippen LogP contribution in [-0.2, 0) is 6.54 Å². The second kappa shape index (κ2) is 6.03. The molecule has 0 aliphatic carbocycles. The normalized spacial score (nSPS) is 18.4. The molecular weight excluding hydrogens is 212 g/mol. The van der Waals surface area contributed by atoms with Gasteiger partial charge in [-0.3, -0.25) is 4.90 Å². The van der Waals surface area contributed by atoms with E-state index >= 15 is 0 Å². The van der Waals surface area contributed by atoms with Gasteiger partial charge >= 0.3 is 0 Å². The molecule has 0 radical (unpaired) electrons. The van der Waals surface area contributed by atoms with Crippen LogP contribution in [0.5, 0.6) is 5.75 Å². The zero-order chi connectivity index (χ0) is 12.1. The van der Waals surface area contributed by atoms with E-state index in [1.165, 1.54) is 31.5 Å². The average Bonchev–Trinajstić information content (AvgIpc) is 2.35. The summed E-state index contributed by atoms with van der Waals surface area (Å²) in [6.07, 6.45) is 2.58. The van der Waals surface area contributed by atoms with Crippen molar-refractivity contribution in [3.63, 3.8) is 0 Å². The number of nitrogens with one attached hydrogen (secondary N) is 1. The summed E-state index contributed by atoms with van der Waals surface area (Å²) >= 11 is 0. The minimum atomic E-state index is 0.349. The van der Waals surface area contributed by atoms with E-state index < -0.39 is 0 Å². The Morgan fingerprint density at radius 3 is 2.47 bits per heavy atom. The molecule has 0 atom stereocenters. The largest absolute Gasteiger partial charge is 0.508 e. The second-order valence-corrected chi connectivity index (χ2v) is 4.94. The Bertz CT molecular complexity index is 329. The fourth-order valence-electron chi connectivity index (χ4n) is 2.50. The van der Waals surface area contributed by atoms with Gasteiger partial charge in [-0.1, -0.05) is 12.1 Å². The number of likely N-dealkylation sites (tertiary alicyclic amines) is 1. The van der Waals surface area contributed by atoms with Crippen LogP contribution >= 0.6 is 0 Å². The second-order valence-electron chi connectivity index (χ2n) is 4.94. The molecule has 3 heteroatoms. The number of nitrogens with zero attached hydrogens (tertiary/aromatic N) is 1. The molecule has 0 saturated carbocycles. The third-order valence-corrected chi connectivity index (χ3v) is 3.54. The summed E-state index contributed by atoms with van der Waals surface area (Å²) in [7, 11) is 2.03. The summed E-state index contributed by atoms with van der Waals surface area (Å²) in [5.41, 5.74) is 1.29. The van der Waals surface area contributed by atoms with Crippen molar-refractivity contribution < 1.29 is 5.11 Å². The van der Waals surface area contributed by atoms with Gasteiger partial charge < -0.3 is 10.4 Å². The first-order valence-electron chi connectivity index (χ1n) is 6.43. The third-order valence-electron chi connectivity index (χ3n) is 3.54. The van der Waals surface area contributed by atoms with E-state index in [2.05, 4.69) is 10.2 Å². The Labute approximate surface area is 103 Å². The van der Waals surface area contributed by atoms with Crippen LogP contribution in [0.25, 0.3) is 0 Å². The lowest BCUT2D eigenvalue weighted by Crippen LogP contribution is -2.36. The molecule has 2 rings (SSSR count). The van der Waals surface area contributed by atoms with Gasteiger partial charge in [0.25, 0.3) is 0 Å². The molecule has 1 saturated heterocycles. The van der Waals surface area contributed by atoms with Crippen LogP contribution in [0.2, 0.25) is 0 Å². The zero-order valence-electron chi connectivity index (χ0n) is 10.5. The first kappa shape index (κ1) is 12.4. The maximum Gasteiger partial charge on any atom is 0.115 e. The summed E-state index contributed by atoms with van der Waals surface area (Å²) in [6.45, 7) is 4.53. The summed E-state index contributed by atoms with van der Waals surface area (Å²) in [6, 6.07) is 7.55. The quantitative estimate of drug-likeness (QED) is 0.834. The molecule has 94 valence electrons. The number of piperidine rings is 1. The van der Waals surface area contributed by atoms with Crippen molar-refractivity contribution in [3.8, 4) is 5.75 Å². The Hall–Kier alpha value is -1.06. The van der Waals surface area contributed by atoms with E-state index in [9.17, 15) is 5.11 Å². The van der Waals surface area contributed by atoms with E-state index in [0.29, 0.717) is 5.75 Å². The first-order valence-corrected chi connectivity index (χ1v) is 6.43. The highest BCUT2D eigenvalue weighted by Gasteiger charge is 2.18. The highest BCUT2D eigenvalue weighted by atomic mass is 16.3. The molecule has 0 aromatic heterocycles. The van der Waals surface area contributed by atoms with Crippen molar-refractivity contribution in [2.24, 2.45) is 5.92 Å². The maximum atomic E-state index is 9.24. The first-order chi connectivity index (χ1) is 8.28. The number of hydrogen-bond acceptors (Lipinski definition) is 3. The van der Waals surface area contributed by atoms with Crippen LogP contribution in [0.1, 0.15) is 18.4 Å². The van der Waals surface area contributed by atoms with Gasteiger partial charge in [0, 0.05) is 6.54 Å². The highest BCUT2D eigenvalue weighted by molar-refractivity contribution is 5.25. The van der Waals surface area contributed by atoms with Crippen LogP contribution in [0.4, 0.5) is 0 Å². The molecule has 1 aliphatic heterocycles. The molecule has 1 aromatic carbocycles. The number of rotatable bonds is 4. The van der Waals surface area contributed by atoms with Gasteiger partial charge in [-0.15, -0.1) is 0 Å². The van der Waals surface area contributed by atoms with E-state index in [4.69, 9.17) is 0 Å². The molecule has 1 fully saturated rings. The minimum Gasteiger partial charge on any atom is -0.508 e. The summed E-state index contributed by atoms with van der Waals surface area (Å²) in [4.78, 5) is 2.50. The highest BCUT2D eigenvalue weighted by Crippen LogP contribution is 2.19. The molecule has 1 aromatic rings. The predicted molar refractivity (Wildman–Crippen MR) is 70.0 cm³/mol. The SMILES string of the molecule is CNCC1CCN(Cc2ccc(O)cc2)CC1. The zero-order valence-corrected chi connectivity index (χ0v) is 10.5. The van der Waals surface area contributed by atoms with Crippen LogP contribution in [0, 0.1) is 5.92 Å². The molecule has 3 nitrogen and oxygen atoms in total. The van der Waals surface area contributed by atoms with Gasteiger partial charge in [-0.2, -0.15) is 0 Å². The van der Waals surface area contributed by atoms with E-state index in [0.717, 1.165) is 19.0 Å². The lowest BCUT2D eigenvalue weighted by molar-refractivity contribution is 0.177. The molecule has 1 heterocycles. The van der Waals surface area contributed by atoms with Crippen molar-refractivity contribution in [2.75, 3.05) is 26.7 Å². The number of benzene rings is 1. The summed E-state index contributed by atoms with van der Waals surface area (Å²) in [5, 5.41) is 12.5. The van der Waals surface area contributed by atoms with E-state index in [1.807, 2.05) is 19.2 Å². The molecule has 0 spiro atoms. The van der Waals surface area contributed by atoms with Crippen molar-refractivity contribution in [1.82, 2.24) is 10.2 Å². The van der Waals surface area contributed by atoms with Crippen LogP contribution < -0.4 is 5.32 Å². The summed E-state index contributed by atoms with van der Waals surface area (Å²) in [5.74, 6) is 1.19. The Balaban J connectivity index is 1.79. The predicted octanol–water partition coefficient (Wildman–Crippen LogP) is 1.82. The van der Waals surface area contributed by atoms with Gasteiger partial charge in [-0.25, -0.2) is 0 Å². The fraction of sp³-hybridized carbons (Fsp3) is 0.571. The lowest BCUT2D eigenvalue weighted by atomic mass is 9.96. The third kappa shape index (κ3) is 3.72. The molecule has 0 unspecified atom stereocenters. The van der Waals surface area contributed by atoms with Crippen LogP contribution in [0.15, 0.2) is 24.3 Å². The van der Waals surface area contributed by atoms with Gasteiger partial charge in [-0.05, 0) is 63.1 Å². The van der Waals surface area contributed by atoms with Crippen molar-refractivity contribution >= 4 is 0 Å². The monoisotopic (exact) mass is 234 g/mol. The van der Waals surface area contributed by atoms with Crippen molar-refractivity contribution in [2.45, 2.75) is 19.4 Å². The minimum absolute atomic E-state index is 0.349. The molecule has 0 amide bonds. The van der Waals surface area contributed by atoms with Gasteiger partial charge in [0.15, 0.2) is 0 Å². The van der Waals surface area contributed by atoms with Gasteiger partial charge in [0.2, 0.25) is 0 Å². The maximum absolute atomic E-state index is 9.24. The van der Waals surface area contributed by atoms with Crippen LogP contribution in [-0.4, -0.2) is 36.7 Å². The topological polar surface area (TPSA) is 35.5 Å². The van der Waals surface area contributed by atoms with Crippen molar-refractivity contribution in [3.05, 3.63) is 29.8 Å². The molecule has 2 N–H and O–H groups in total. The number of phenols is 1. The fourth-order valence-corrected chi connectivity index (χ4v) is 2.50. The molecule has 0 bridgehead atoms. The molecule has 17 heavy (non-hydrogen) atoms. The number of hydrogen-bond donors (Lipinski definition) is 2. The van der Waals surface area contributed by atoms with E-state index in [-0.39, 0.29) is 0 Å². The van der Waals surface area contributed by atoms with Crippen LogP contribution in [0.3, 0.4) is 0 Å². The number of aromatic hydroxyl groups is 1. The lowest BCUT2D eigenvalue weighted by Gasteiger charge is -2.31. The van der Waals surface area contributed by atoms with E-state index in [1.54, 1.807) is 12.1 Å². The van der Waals surface area contributed by atoms with Gasteiger partial charge in [0.1, 0.15) is 5.75 Å².